The molecule has 0 spiro atoms. The lowest BCUT2D eigenvalue weighted by Gasteiger charge is -2.14. The highest BCUT2D eigenvalue weighted by molar-refractivity contribution is 9.10. The zero-order chi connectivity index (χ0) is 21.9. The molecule has 2 aromatic rings. The smallest absolute Gasteiger partial charge is 0.319 e. The SMILES string of the molecule is CCCOc1ccc(NC(=O)NCC(=O)Nc2ccc(C)c(Br)c2)cc1OCCC. The van der Waals surface area contributed by atoms with Crippen LogP contribution in [0.2, 0.25) is 0 Å². The van der Waals surface area contributed by atoms with Gasteiger partial charge in [-0.05, 0) is 49.6 Å². The third-order valence-electron chi connectivity index (χ3n) is 3.99. The molecule has 0 unspecified atom stereocenters. The summed E-state index contributed by atoms with van der Waals surface area (Å²) < 4.78 is 12.3. The van der Waals surface area contributed by atoms with Gasteiger partial charge in [0, 0.05) is 21.9 Å². The Hall–Kier alpha value is -2.74. The van der Waals surface area contributed by atoms with Crippen molar-refractivity contribution in [3.8, 4) is 11.5 Å². The van der Waals surface area contributed by atoms with E-state index in [1.165, 1.54) is 0 Å². The number of hydrogen-bond donors (Lipinski definition) is 3. The summed E-state index contributed by atoms with van der Waals surface area (Å²) in [6, 6.07) is 10.2. The number of rotatable bonds is 10. The third kappa shape index (κ3) is 7.59. The summed E-state index contributed by atoms with van der Waals surface area (Å²) in [6.07, 6.45) is 1.75. The molecule has 0 heterocycles. The van der Waals surface area contributed by atoms with Crippen LogP contribution >= 0.6 is 15.9 Å². The highest BCUT2D eigenvalue weighted by atomic mass is 79.9. The van der Waals surface area contributed by atoms with Crippen molar-refractivity contribution in [2.75, 3.05) is 30.4 Å². The Morgan fingerprint density at radius 3 is 2.20 bits per heavy atom. The van der Waals surface area contributed by atoms with Gasteiger partial charge in [0.1, 0.15) is 0 Å². The minimum Gasteiger partial charge on any atom is -0.490 e. The van der Waals surface area contributed by atoms with E-state index < -0.39 is 6.03 Å². The van der Waals surface area contributed by atoms with Crippen LogP contribution in [0, 0.1) is 6.92 Å². The Bertz CT molecular complexity index is 873. The van der Waals surface area contributed by atoms with E-state index >= 15 is 0 Å². The van der Waals surface area contributed by atoms with Crippen LogP contribution in [0.15, 0.2) is 40.9 Å². The highest BCUT2D eigenvalue weighted by Crippen LogP contribution is 2.31. The van der Waals surface area contributed by atoms with Gasteiger partial charge in [0.2, 0.25) is 5.91 Å². The largest absolute Gasteiger partial charge is 0.490 e. The molecule has 162 valence electrons. The predicted molar refractivity (Wildman–Crippen MR) is 123 cm³/mol. The van der Waals surface area contributed by atoms with Crippen molar-refractivity contribution in [3.05, 3.63) is 46.4 Å². The Labute approximate surface area is 185 Å². The van der Waals surface area contributed by atoms with Gasteiger partial charge in [0.25, 0.3) is 0 Å². The number of nitrogens with one attached hydrogen (secondary N) is 3. The summed E-state index contributed by atoms with van der Waals surface area (Å²) in [5.41, 5.74) is 2.27. The lowest BCUT2D eigenvalue weighted by atomic mass is 10.2. The zero-order valence-electron chi connectivity index (χ0n) is 17.5. The molecule has 30 heavy (non-hydrogen) atoms. The molecule has 0 saturated heterocycles. The topological polar surface area (TPSA) is 88.7 Å². The van der Waals surface area contributed by atoms with Gasteiger partial charge in [0.05, 0.1) is 19.8 Å². The van der Waals surface area contributed by atoms with Gasteiger partial charge in [0.15, 0.2) is 11.5 Å². The first-order valence-corrected chi connectivity index (χ1v) is 10.7. The molecule has 2 rings (SSSR count). The van der Waals surface area contributed by atoms with E-state index in [9.17, 15) is 9.59 Å². The molecule has 0 saturated carbocycles. The minimum absolute atomic E-state index is 0.159. The fourth-order valence-corrected chi connectivity index (χ4v) is 2.83. The Balaban J connectivity index is 1.89. The van der Waals surface area contributed by atoms with Crippen molar-refractivity contribution in [1.82, 2.24) is 5.32 Å². The maximum Gasteiger partial charge on any atom is 0.319 e. The van der Waals surface area contributed by atoms with Gasteiger partial charge in [-0.25, -0.2) is 4.79 Å². The van der Waals surface area contributed by atoms with Crippen LogP contribution in [0.5, 0.6) is 11.5 Å². The monoisotopic (exact) mass is 477 g/mol. The fraction of sp³-hybridized carbons (Fsp3) is 0.364. The summed E-state index contributed by atoms with van der Waals surface area (Å²) in [5.74, 6) is 0.891. The van der Waals surface area contributed by atoms with Crippen LogP contribution in [-0.4, -0.2) is 31.7 Å². The van der Waals surface area contributed by atoms with Gasteiger partial charge >= 0.3 is 6.03 Å². The summed E-state index contributed by atoms with van der Waals surface area (Å²) in [5, 5.41) is 7.99. The molecule has 0 radical (unpaired) electrons. The number of anilines is 2. The third-order valence-corrected chi connectivity index (χ3v) is 4.84. The summed E-state index contributed by atoms with van der Waals surface area (Å²) in [6.45, 7) is 6.98. The minimum atomic E-state index is -0.487. The van der Waals surface area contributed by atoms with E-state index in [1.54, 1.807) is 24.3 Å². The second-order valence-corrected chi connectivity index (χ2v) is 7.53. The van der Waals surface area contributed by atoms with E-state index in [4.69, 9.17) is 9.47 Å². The number of aryl methyl sites for hydroxylation is 1. The van der Waals surface area contributed by atoms with Crippen LogP contribution < -0.4 is 25.4 Å². The van der Waals surface area contributed by atoms with Gasteiger partial charge in [-0.1, -0.05) is 35.8 Å². The fourth-order valence-electron chi connectivity index (χ4n) is 2.45. The molecule has 0 aliphatic rings. The lowest BCUT2D eigenvalue weighted by molar-refractivity contribution is -0.115. The average molecular weight is 478 g/mol. The maximum absolute atomic E-state index is 12.2. The second kappa shape index (κ2) is 12.1. The van der Waals surface area contributed by atoms with Crippen LogP contribution in [0.1, 0.15) is 32.3 Å². The Morgan fingerprint density at radius 1 is 0.900 bits per heavy atom. The molecular weight excluding hydrogens is 450 g/mol. The summed E-state index contributed by atoms with van der Waals surface area (Å²) >= 11 is 3.43. The van der Waals surface area contributed by atoms with Gasteiger partial charge in [-0.3, -0.25) is 4.79 Å². The molecule has 0 aliphatic carbocycles. The number of carbonyl (C=O) groups is 2. The van der Waals surface area contributed by atoms with Crippen LogP contribution in [-0.2, 0) is 4.79 Å². The lowest BCUT2D eigenvalue weighted by Crippen LogP contribution is -2.35. The van der Waals surface area contributed by atoms with E-state index in [0.29, 0.717) is 36.1 Å². The molecule has 0 fully saturated rings. The first-order valence-electron chi connectivity index (χ1n) is 9.93. The Kier molecular flexibility index (Phi) is 9.47. The first-order chi connectivity index (χ1) is 14.4. The quantitative estimate of drug-likeness (QED) is 0.444. The molecule has 7 nitrogen and oxygen atoms in total. The van der Waals surface area contributed by atoms with Gasteiger partial charge in [-0.15, -0.1) is 0 Å². The van der Waals surface area contributed by atoms with Gasteiger partial charge in [-0.2, -0.15) is 0 Å². The molecule has 0 bridgehead atoms. The van der Waals surface area contributed by atoms with Crippen molar-refractivity contribution >= 4 is 39.2 Å². The second-order valence-electron chi connectivity index (χ2n) is 6.68. The molecular formula is C22H28BrN3O4. The van der Waals surface area contributed by atoms with Crippen molar-refractivity contribution in [3.63, 3.8) is 0 Å². The van der Waals surface area contributed by atoms with E-state index in [1.807, 2.05) is 32.9 Å². The summed E-state index contributed by atoms with van der Waals surface area (Å²) in [7, 11) is 0. The maximum atomic E-state index is 12.2. The molecule has 3 N–H and O–H groups in total. The normalized spacial score (nSPS) is 10.3. The molecule has 8 heteroatoms. The molecule has 0 aliphatic heterocycles. The number of amides is 3. The number of carbonyl (C=O) groups excluding carboxylic acids is 2. The van der Waals surface area contributed by atoms with Crippen molar-refractivity contribution < 1.29 is 19.1 Å². The molecule has 0 atom stereocenters. The number of halogens is 1. The van der Waals surface area contributed by atoms with Crippen LogP contribution in [0.25, 0.3) is 0 Å². The Morgan fingerprint density at radius 2 is 1.53 bits per heavy atom. The number of hydrogen-bond acceptors (Lipinski definition) is 4. The van der Waals surface area contributed by atoms with Crippen LogP contribution in [0.3, 0.4) is 0 Å². The number of ether oxygens (including phenoxy) is 2. The van der Waals surface area contributed by atoms with Gasteiger partial charge < -0.3 is 25.4 Å². The zero-order valence-corrected chi connectivity index (χ0v) is 19.1. The average Bonchev–Trinajstić information content (AvgIpc) is 2.72. The first kappa shape index (κ1) is 23.5. The van der Waals surface area contributed by atoms with E-state index in [0.717, 1.165) is 22.9 Å². The van der Waals surface area contributed by atoms with E-state index in [-0.39, 0.29) is 12.5 Å². The van der Waals surface area contributed by atoms with Crippen LogP contribution in [0.4, 0.5) is 16.2 Å². The summed E-state index contributed by atoms with van der Waals surface area (Å²) in [4.78, 5) is 24.2. The predicted octanol–water partition coefficient (Wildman–Crippen LogP) is 5.10. The number of benzene rings is 2. The molecule has 3 amide bonds. The molecule has 2 aromatic carbocycles. The number of urea groups is 1. The van der Waals surface area contributed by atoms with Crippen molar-refractivity contribution in [2.45, 2.75) is 33.6 Å². The van der Waals surface area contributed by atoms with E-state index in [2.05, 4.69) is 31.9 Å². The molecule has 0 aromatic heterocycles. The van der Waals surface area contributed by atoms with Crippen molar-refractivity contribution in [1.29, 1.82) is 0 Å². The van der Waals surface area contributed by atoms with Crippen molar-refractivity contribution in [2.24, 2.45) is 0 Å². The standard InChI is InChI=1S/C22H28BrN3O4/c1-4-10-29-19-9-8-17(13-20(19)30-11-5-2)26-22(28)24-14-21(27)25-16-7-6-15(3)18(23)12-16/h6-9,12-13H,4-5,10-11,14H2,1-3H3,(H,25,27)(H2,24,26,28). The highest BCUT2D eigenvalue weighted by Gasteiger charge is 2.10.